The first-order valence-electron chi connectivity index (χ1n) is 8.05. The SMILES string of the molecule is COC(=O)c1cc(-c2ccc(-c3ccc(/C=N\O)s3)s2)nc2ccccc12. The molecule has 0 saturated heterocycles. The van der Waals surface area contributed by atoms with Crippen molar-refractivity contribution in [2.45, 2.75) is 0 Å². The number of para-hydroxylation sites is 1. The molecule has 0 radical (unpaired) electrons. The van der Waals surface area contributed by atoms with Gasteiger partial charge in [0, 0.05) is 20.0 Å². The second kappa shape index (κ2) is 7.30. The summed E-state index contributed by atoms with van der Waals surface area (Å²) in [6.07, 6.45) is 1.41. The van der Waals surface area contributed by atoms with Crippen molar-refractivity contribution in [3.05, 3.63) is 65.0 Å². The molecule has 27 heavy (non-hydrogen) atoms. The van der Waals surface area contributed by atoms with Crippen LogP contribution in [-0.2, 0) is 4.74 Å². The molecule has 1 aromatic carbocycles. The van der Waals surface area contributed by atoms with E-state index in [2.05, 4.69) is 5.16 Å². The molecule has 0 atom stereocenters. The van der Waals surface area contributed by atoms with Gasteiger partial charge in [-0.1, -0.05) is 23.4 Å². The molecule has 0 aliphatic rings. The first-order chi connectivity index (χ1) is 13.2. The first-order valence-corrected chi connectivity index (χ1v) is 9.69. The molecule has 134 valence electrons. The van der Waals surface area contributed by atoms with Crippen molar-refractivity contribution >= 4 is 45.8 Å². The lowest BCUT2D eigenvalue weighted by atomic mass is 10.1. The van der Waals surface area contributed by atoms with Gasteiger partial charge in [-0.2, -0.15) is 0 Å². The molecule has 0 fully saturated rings. The number of ether oxygens (including phenoxy) is 1. The molecule has 0 spiro atoms. The Balaban J connectivity index is 1.78. The number of thiophene rings is 2. The average molecular weight is 394 g/mol. The fourth-order valence-corrected chi connectivity index (χ4v) is 4.73. The zero-order chi connectivity index (χ0) is 18.8. The largest absolute Gasteiger partial charge is 0.465 e. The zero-order valence-corrected chi connectivity index (χ0v) is 15.9. The van der Waals surface area contributed by atoms with E-state index in [1.165, 1.54) is 24.7 Å². The Kier molecular flexibility index (Phi) is 4.70. The number of nitrogens with zero attached hydrogens (tertiary/aromatic N) is 2. The molecule has 0 bridgehead atoms. The number of hydrogen-bond acceptors (Lipinski definition) is 7. The minimum absolute atomic E-state index is 0.377. The predicted molar refractivity (Wildman–Crippen MR) is 109 cm³/mol. The van der Waals surface area contributed by atoms with Crippen LogP contribution < -0.4 is 0 Å². The van der Waals surface area contributed by atoms with Gasteiger partial charge in [0.15, 0.2) is 0 Å². The Morgan fingerprint density at radius 2 is 1.81 bits per heavy atom. The standard InChI is InChI=1S/C20H14N2O3S2/c1-25-20(23)14-10-16(22-15-5-3-2-4-13(14)15)17-8-9-19(27-17)18-7-6-12(26-18)11-21-24/h2-11,24H,1H3/b21-11-. The lowest BCUT2D eigenvalue weighted by Gasteiger charge is -2.07. The fraction of sp³-hybridized carbons (Fsp3) is 0.0500. The number of benzene rings is 1. The van der Waals surface area contributed by atoms with E-state index in [9.17, 15) is 4.79 Å². The topological polar surface area (TPSA) is 71.8 Å². The van der Waals surface area contributed by atoms with E-state index >= 15 is 0 Å². The molecular weight excluding hydrogens is 380 g/mol. The van der Waals surface area contributed by atoms with Crippen LogP contribution in [0.4, 0.5) is 0 Å². The van der Waals surface area contributed by atoms with Crippen LogP contribution in [0.1, 0.15) is 15.2 Å². The molecule has 0 aliphatic heterocycles. The quantitative estimate of drug-likeness (QED) is 0.221. The Morgan fingerprint density at radius 3 is 2.63 bits per heavy atom. The maximum absolute atomic E-state index is 12.2. The lowest BCUT2D eigenvalue weighted by Crippen LogP contribution is -2.03. The van der Waals surface area contributed by atoms with Gasteiger partial charge in [0.2, 0.25) is 0 Å². The predicted octanol–water partition coefficient (Wildman–Crippen LogP) is 5.29. The average Bonchev–Trinajstić information content (AvgIpc) is 3.36. The Hall–Kier alpha value is -3.03. The highest BCUT2D eigenvalue weighted by Gasteiger charge is 2.15. The Morgan fingerprint density at radius 1 is 1.07 bits per heavy atom. The molecule has 4 rings (SSSR count). The van der Waals surface area contributed by atoms with Crippen LogP contribution >= 0.6 is 22.7 Å². The summed E-state index contributed by atoms with van der Waals surface area (Å²) in [6, 6.07) is 17.2. The molecule has 5 nitrogen and oxygen atoms in total. The van der Waals surface area contributed by atoms with E-state index < -0.39 is 0 Å². The third-order valence-electron chi connectivity index (χ3n) is 4.03. The number of methoxy groups -OCH3 is 1. The van der Waals surface area contributed by atoms with E-state index in [0.717, 1.165) is 36.1 Å². The molecule has 3 aromatic heterocycles. The van der Waals surface area contributed by atoms with Crippen molar-refractivity contribution in [1.82, 2.24) is 4.98 Å². The minimum Gasteiger partial charge on any atom is -0.465 e. The first kappa shape index (κ1) is 17.4. The van der Waals surface area contributed by atoms with Gasteiger partial charge in [-0.25, -0.2) is 9.78 Å². The van der Waals surface area contributed by atoms with Gasteiger partial charge in [0.25, 0.3) is 0 Å². The van der Waals surface area contributed by atoms with Crippen molar-refractivity contribution in [2.75, 3.05) is 7.11 Å². The second-order valence-electron chi connectivity index (χ2n) is 5.67. The van der Waals surface area contributed by atoms with Crippen LogP contribution in [0, 0.1) is 0 Å². The van der Waals surface area contributed by atoms with Gasteiger partial charge < -0.3 is 9.94 Å². The van der Waals surface area contributed by atoms with Crippen LogP contribution in [-0.4, -0.2) is 29.5 Å². The summed E-state index contributed by atoms with van der Waals surface area (Å²) in [7, 11) is 1.38. The summed E-state index contributed by atoms with van der Waals surface area (Å²) in [6.45, 7) is 0. The number of aromatic nitrogens is 1. The summed E-state index contributed by atoms with van der Waals surface area (Å²) in [4.78, 5) is 20.9. The molecular formula is C20H14N2O3S2. The van der Waals surface area contributed by atoms with Gasteiger partial charge in [-0.15, -0.1) is 22.7 Å². The van der Waals surface area contributed by atoms with Gasteiger partial charge >= 0.3 is 5.97 Å². The maximum Gasteiger partial charge on any atom is 0.338 e. The highest BCUT2D eigenvalue weighted by atomic mass is 32.1. The normalized spacial score (nSPS) is 11.3. The van der Waals surface area contributed by atoms with Crippen molar-refractivity contribution in [3.8, 4) is 20.3 Å². The number of pyridine rings is 1. The summed E-state index contributed by atoms with van der Waals surface area (Å²) < 4.78 is 4.94. The van der Waals surface area contributed by atoms with Crippen LogP contribution in [0.15, 0.2) is 59.8 Å². The number of fused-ring (bicyclic) bond motifs is 1. The van der Waals surface area contributed by atoms with E-state index in [0.29, 0.717) is 5.56 Å². The third-order valence-corrected chi connectivity index (χ3v) is 6.36. The summed E-state index contributed by atoms with van der Waals surface area (Å²) in [5.41, 5.74) is 1.99. The molecule has 7 heteroatoms. The minimum atomic E-state index is -0.377. The fourth-order valence-electron chi connectivity index (χ4n) is 2.80. The van der Waals surface area contributed by atoms with Gasteiger partial charge in [-0.05, 0) is 36.4 Å². The monoisotopic (exact) mass is 394 g/mol. The summed E-state index contributed by atoms with van der Waals surface area (Å²) in [5, 5.41) is 12.5. The number of carbonyl (C=O) groups is 1. The number of rotatable bonds is 4. The maximum atomic E-state index is 12.2. The van der Waals surface area contributed by atoms with E-state index in [-0.39, 0.29) is 5.97 Å². The van der Waals surface area contributed by atoms with Gasteiger partial charge in [0.05, 0.1) is 35.0 Å². The third kappa shape index (κ3) is 3.34. The van der Waals surface area contributed by atoms with Crippen molar-refractivity contribution < 1.29 is 14.7 Å². The molecule has 0 saturated carbocycles. The number of oxime groups is 1. The van der Waals surface area contributed by atoms with Crippen LogP contribution in [0.25, 0.3) is 31.2 Å². The number of hydrogen-bond donors (Lipinski definition) is 1. The molecule has 0 amide bonds. The molecule has 0 aliphatic carbocycles. The second-order valence-corrected chi connectivity index (χ2v) is 7.87. The highest BCUT2D eigenvalue weighted by molar-refractivity contribution is 7.24. The van der Waals surface area contributed by atoms with Crippen LogP contribution in [0.5, 0.6) is 0 Å². The van der Waals surface area contributed by atoms with Crippen molar-refractivity contribution in [3.63, 3.8) is 0 Å². The van der Waals surface area contributed by atoms with Crippen molar-refractivity contribution in [1.29, 1.82) is 0 Å². The van der Waals surface area contributed by atoms with E-state index in [1.807, 2.05) is 48.5 Å². The van der Waals surface area contributed by atoms with E-state index in [4.69, 9.17) is 14.9 Å². The van der Waals surface area contributed by atoms with Crippen LogP contribution in [0.3, 0.4) is 0 Å². The molecule has 0 unspecified atom stereocenters. The summed E-state index contributed by atoms with van der Waals surface area (Å²) in [5.74, 6) is -0.377. The molecule has 4 aromatic rings. The molecule has 1 N–H and O–H groups in total. The van der Waals surface area contributed by atoms with Crippen LogP contribution in [0.2, 0.25) is 0 Å². The zero-order valence-electron chi connectivity index (χ0n) is 14.2. The van der Waals surface area contributed by atoms with Gasteiger partial charge in [-0.3, -0.25) is 0 Å². The van der Waals surface area contributed by atoms with E-state index in [1.54, 1.807) is 17.4 Å². The number of carbonyl (C=O) groups excluding carboxylic acids is 1. The van der Waals surface area contributed by atoms with Crippen molar-refractivity contribution in [2.24, 2.45) is 5.16 Å². The smallest absolute Gasteiger partial charge is 0.338 e. The summed E-state index contributed by atoms with van der Waals surface area (Å²) >= 11 is 3.14. The van der Waals surface area contributed by atoms with Gasteiger partial charge in [0.1, 0.15) is 0 Å². The lowest BCUT2D eigenvalue weighted by molar-refractivity contribution is 0.0603. The molecule has 3 heterocycles. The highest BCUT2D eigenvalue weighted by Crippen LogP contribution is 2.37. The number of esters is 1. The Labute approximate surface area is 163 Å². The Bertz CT molecular complexity index is 1160.